The number of nitrogens with zero attached hydrogens (tertiary/aromatic N) is 2. The van der Waals surface area contributed by atoms with Gasteiger partial charge in [0.1, 0.15) is 12.1 Å². The fraction of sp³-hybridized carbons (Fsp3) is 0. The minimum absolute atomic E-state index is 0.326. The fourth-order valence-corrected chi connectivity index (χ4v) is 0.752. The molecule has 0 aliphatic carbocycles. The van der Waals surface area contributed by atoms with Gasteiger partial charge in [0, 0.05) is 5.69 Å². The zero-order valence-corrected chi connectivity index (χ0v) is 5.70. The van der Waals surface area contributed by atoms with Crippen LogP contribution in [0.4, 0.5) is 5.69 Å². The number of hydrogen-bond acceptors (Lipinski definition) is 3. The third kappa shape index (κ3) is 1.28. The van der Waals surface area contributed by atoms with E-state index in [-0.39, 0.29) is 0 Å². The lowest BCUT2D eigenvalue weighted by atomic mass is 10.1. The van der Waals surface area contributed by atoms with Crippen molar-refractivity contribution in [3.05, 3.63) is 29.3 Å². The first-order chi connectivity index (χ1) is 5.27. The number of nitrogens with two attached hydrogens (primary N) is 1. The zero-order chi connectivity index (χ0) is 8.27. The van der Waals surface area contributed by atoms with Gasteiger partial charge in [0.25, 0.3) is 0 Å². The van der Waals surface area contributed by atoms with E-state index in [9.17, 15) is 0 Å². The van der Waals surface area contributed by atoms with Crippen LogP contribution in [-0.2, 0) is 0 Å². The lowest BCUT2D eigenvalue weighted by Crippen LogP contribution is -1.88. The predicted octanol–water partition coefficient (Wildman–Crippen LogP) is 1.01. The van der Waals surface area contributed by atoms with Crippen molar-refractivity contribution >= 4 is 5.69 Å². The molecular weight excluding hydrogens is 138 g/mol. The molecule has 1 rings (SSSR count). The Kier molecular flexibility index (Phi) is 1.76. The maximum Gasteiger partial charge on any atom is 0.101 e. The quantitative estimate of drug-likeness (QED) is 0.551. The second-order valence-electron chi connectivity index (χ2n) is 2.03. The van der Waals surface area contributed by atoms with Crippen molar-refractivity contribution in [1.82, 2.24) is 0 Å². The summed E-state index contributed by atoms with van der Waals surface area (Å²) in [7, 11) is 0. The highest BCUT2D eigenvalue weighted by molar-refractivity contribution is 5.53. The van der Waals surface area contributed by atoms with E-state index in [1.807, 2.05) is 12.1 Å². The van der Waals surface area contributed by atoms with E-state index in [2.05, 4.69) is 0 Å². The third-order valence-corrected chi connectivity index (χ3v) is 1.28. The molecule has 0 aliphatic heterocycles. The molecule has 0 heterocycles. The van der Waals surface area contributed by atoms with Gasteiger partial charge in [-0.1, -0.05) is 0 Å². The van der Waals surface area contributed by atoms with Crippen molar-refractivity contribution in [2.75, 3.05) is 5.73 Å². The Morgan fingerprint density at radius 2 is 1.73 bits per heavy atom. The highest BCUT2D eigenvalue weighted by atomic mass is 14.5. The van der Waals surface area contributed by atoms with Crippen molar-refractivity contribution in [3.8, 4) is 12.1 Å². The van der Waals surface area contributed by atoms with Gasteiger partial charge in [-0.15, -0.1) is 0 Å². The average Bonchev–Trinajstić information content (AvgIpc) is 2.04. The monoisotopic (exact) mass is 143 g/mol. The number of nitrogen functional groups attached to an aromatic ring is 1. The second-order valence-corrected chi connectivity index (χ2v) is 2.03. The Labute approximate surface area is 64.3 Å². The molecule has 0 unspecified atom stereocenters. The highest BCUT2D eigenvalue weighted by Gasteiger charge is 1.99. The predicted molar refractivity (Wildman–Crippen MR) is 40.3 cm³/mol. The minimum atomic E-state index is 0.326. The largest absolute Gasteiger partial charge is 0.399 e. The first-order valence-corrected chi connectivity index (χ1v) is 2.97. The van der Waals surface area contributed by atoms with Crippen LogP contribution in [0, 0.1) is 22.7 Å². The first kappa shape index (κ1) is 7.11. The molecule has 0 saturated carbocycles. The maximum atomic E-state index is 8.52. The van der Waals surface area contributed by atoms with Crippen LogP contribution in [0.25, 0.3) is 0 Å². The summed E-state index contributed by atoms with van der Waals surface area (Å²) < 4.78 is 0. The maximum absolute atomic E-state index is 8.52. The second kappa shape index (κ2) is 2.72. The van der Waals surface area contributed by atoms with Crippen LogP contribution in [0.5, 0.6) is 0 Å². The number of rotatable bonds is 0. The van der Waals surface area contributed by atoms with E-state index in [0.29, 0.717) is 16.8 Å². The van der Waals surface area contributed by atoms with Crippen LogP contribution in [0.15, 0.2) is 18.2 Å². The smallest absolute Gasteiger partial charge is 0.101 e. The van der Waals surface area contributed by atoms with Gasteiger partial charge >= 0.3 is 0 Å². The van der Waals surface area contributed by atoms with Crippen molar-refractivity contribution in [2.45, 2.75) is 0 Å². The molecular formula is C8H5N3. The van der Waals surface area contributed by atoms with Crippen molar-refractivity contribution < 1.29 is 0 Å². The van der Waals surface area contributed by atoms with Crippen LogP contribution in [-0.4, -0.2) is 0 Å². The van der Waals surface area contributed by atoms with E-state index in [1.54, 1.807) is 6.07 Å². The van der Waals surface area contributed by atoms with Crippen LogP contribution in [0.2, 0.25) is 0 Å². The molecule has 3 nitrogen and oxygen atoms in total. The summed E-state index contributed by atoms with van der Waals surface area (Å²) in [5, 5.41) is 17.0. The molecule has 0 radical (unpaired) electrons. The summed E-state index contributed by atoms with van der Waals surface area (Å²) in [4.78, 5) is 0. The first-order valence-electron chi connectivity index (χ1n) is 2.97. The van der Waals surface area contributed by atoms with Gasteiger partial charge < -0.3 is 5.73 Å². The van der Waals surface area contributed by atoms with Crippen LogP contribution >= 0.6 is 0 Å². The summed E-state index contributed by atoms with van der Waals surface area (Å²) in [6.07, 6.45) is 0. The molecule has 11 heavy (non-hydrogen) atoms. The molecule has 0 atom stereocenters. The van der Waals surface area contributed by atoms with Crippen LogP contribution < -0.4 is 5.73 Å². The molecule has 0 amide bonds. The molecule has 2 N–H and O–H groups in total. The molecule has 1 aromatic rings. The molecule has 0 aromatic heterocycles. The lowest BCUT2D eigenvalue weighted by Gasteiger charge is -1.94. The Morgan fingerprint density at radius 1 is 1.09 bits per heavy atom. The topological polar surface area (TPSA) is 73.6 Å². The van der Waals surface area contributed by atoms with Crippen molar-refractivity contribution in [2.24, 2.45) is 0 Å². The van der Waals surface area contributed by atoms with Gasteiger partial charge in [-0.25, -0.2) is 0 Å². The lowest BCUT2D eigenvalue weighted by molar-refractivity contribution is 1.43. The van der Waals surface area contributed by atoms with Gasteiger partial charge in [0.05, 0.1) is 11.1 Å². The number of hydrogen-bond donors (Lipinski definition) is 1. The van der Waals surface area contributed by atoms with Gasteiger partial charge in [-0.3, -0.25) is 0 Å². The number of nitriles is 2. The molecule has 0 spiro atoms. The summed E-state index contributed by atoms with van der Waals surface area (Å²) in [6, 6.07) is 8.40. The number of benzene rings is 1. The van der Waals surface area contributed by atoms with Crippen LogP contribution in [0.3, 0.4) is 0 Å². The zero-order valence-electron chi connectivity index (χ0n) is 5.70. The van der Waals surface area contributed by atoms with Gasteiger partial charge in [0.15, 0.2) is 0 Å². The van der Waals surface area contributed by atoms with E-state index in [4.69, 9.17) is 16.3 Å². The fourth-order valence-electron chi connectivity index (χ4n) is 0.752. The Morgan fingerprint density at radius 3 is 2.27 bits per heavy atom. The van der Waals surface area contributed by atoms with E-state index in [0.717, 1.165) is 0 Å². The van der Waals surface area contributed by atoms with E-state index < -0.39 is 0 Å². The molecule has 0 saturated heterocycles. The Bertz CT molecular complexity index is 355. The van der Waals surface area contributed by atoms with Crippen molar-refractivity contribution in [3.63, 3.8) is 0 Å². The summed E-state index contributed by atoms with van der Waals surface area (Å²) >= 11 is 0. The Hall–Kier alpha value is -2.00. The SMILES string of the molecule is N#Cc1ccc(N)cc1C#N. The number of anilines is 1. The molecule has 52 valence electrons. The Balaban J connectivity index is 3.34. The van der Waals surface area contributed by atoms with E-state index >= 15 is 0 Å². The molecule has 3 heteroatoms. The molecule has 0 bridgehead atoms. The summed E-state index contributed by atoms with van der Waals surface area (Å²) in [6.45, 7) is 0. The van der Waals surface area contributed by atoms with Gasteiger partial charge in [-0.05, 0) is 18.2 Å². The van der Waals surface area contributed by atoms with Crippen LogP contribution in [0.1, 0.15) is 11.1 Å². The summed E-state index contributed by atoms with van der Waals surface area (Å²) in [5.74, 6) is 0. The van der Waals surface area contributed by atoms with E-state index in [1.165, 1.54) is 12.1 Å². The van der Waals surface area contributed by atoms with Gasteiger partial charge in [0.2, 0.25) is 0 Å². The molecule has 0 aliphatic rings. The minimum Gasteiger partial charge on any atom is -0.399 e. The third-order valence-electron chi connectivity index (χ3n) is 1.28. The molecule has 1 aromatic carbocycles. The highest BCUT2D eigenvalue weighted by Crippen LogP contribution is 2.10. The average molecular weight is 143 g/mol. The normalized spacial score (nSPS) is 8.18. The van der Waals surface area contributed by atoms with Gasteiger partial charge in [-0.2, -0.15) is 10.5 Å². The van der Waals surface area contributed by atoms with Crippen molar-refractivity contribution in [1.29, 1.82) is 10.5 Å². The molecule has 0 fully saturated rings. The standard InChI is InChI=1S/C8H5N3/c9-4-6-1-2-8(11)3-7(6)5-10/h1-3H,11H2. The summed E-state index contributed by atoms with van der Waals surface area (Å²) in [5.41, 5.74) is 6.59.